The van der Waals surface area contributed by atoms with Crippen LogP contribution in [-0.4, -0.2) is 76.4 Å². The molecule has 0 radical (unpaired) electrons. The smallest absolute Gasteiger partial charge is 0.254 e. The van der Waals surface area contributed by atoms with Crippen molar-refractivity contribution >= 4 is 58.0 Å². The lowest BCUT2D eigenvalue weighted by atomic mass is 9.99. The van der Waals surface area contributed by atoms with E-state index in [1.165, 1.54) is 12.1 Å². The van der Waals surface area contributed by atoms with E-state index in [-0.39, 0.29) is 50.5 Å². The van der Waals surface area contributed by atoms with Gasteiger partial charge >= 0.3 is 0 Å². The van der Waals surface area contributed by atoms with E-state index in [1.807, 2.05) is 35.8 Å². The van der Waals surface area contributed by atoms with Gasteiger partial charge in [0.1, 0.15) is 28.7 Å². The highest BCUT2D eigenvalue weighted by Crippen LogP contribution is 2.39. The minimum Gasteiger partial charge on any atom is -0.383 e. The second-order valence-electron chi connectivity index (χ2n) is 12.2. The third kappa shape index (κ3) is 8.00. The number of nitrogens with zero attached hydrogens (tertiary/aromatic N) is 4. The summed E-state index contributed by atoms with van der Waals surface area (Å²) in [5.41, 5.74) is 3.97. The normalized spacial score (nSPS) is 16.8. The third-order valence-corrected chi connectivity index (χ3v) is 10.1. The van der Waals surface area contributed by atoms with Gasteiger partial charge < -0.3 is 20.7 Å². The number of rotatable bonds is 12. The molecule has 4 heterocycles. The Balaban J connectivity index is 0.996. The van der Waals surface area contributed by atoms with Crippen molar-refractivity contribution in [1.29, 1.82) is 0 Å². The fourth-order valence-corrected chi connectivity index (χ4v) is 7.23. The average Bonchev–Trinajstić information content (AvgIpc) is 3.57. The number of imide groups is 1. The Bertz CT molecular complexity index is 2030. The summed E-state index contributed by atoms with van der Waals surface area (Å²) in [6.45, 7) is 7.16. The molecule has 2 atom stereocenters. The molecule has 2 aromatic heterocycles. The van der Waals surface area contributed by atoms with Crippen LogP contribution < -0.4 is 21.3 Å². The molecule has 2 aliphatic heterocycles. The lowest BCUT2D eigenvalue weighted by molar-refractivity contribution is -0.134. The molecule has 4 amide bonds. The van der Waals surface area contributed by atoms with Gasteiger partial charge in [-0.25, -0.2) is 4.39 Å². The first-order chi connectivity index (χ1) is 24.5. The van der Waals surface area contributed by atoms with Gasteiger partial charge in [0, 0.05) is 46.2 Å². The molecule has 4 N–H and O–H groups in total. The van der Waals surface area contributed by atoms with Crippen LogP contribution >= 0.6 is 22.9 Å². The minimum absolute atomic E-state index is 0.0524. The quantitative estimate of drug-likeness (QED) is 0.125. The molecule has 0 aliphatic carbocycles. The van der Waals surface area contributed by atoms with Gasteiger partial charge in [0.2, 0.25) is 17.7 Å². The number of benzene rings is 2. The van der Waals surface area contributed by atoms with E-state index in [4.69, 9.17) is 21.3 Å². The number of aryl methyl sites for hydroxylation is 2. The van der Waals surface area contributed by atoms with E-state index in [1.54, 1.807) is 17.4 Å². The fourth-order valence-electron chi connectivity index (χ4n) is 5.89. The summed E-state index contributed by atoms with van der Waals surface area (Å²) in [5.74, 6) is -1.44. The standard InChI is InChI=1S/C35H36ClFN8O5S/c1-18-19(2)51-35-30(18)31(21-4-6-22(36)7-5-21)40-27(32-44-43-20(3)45(32)35)17-29(47)39-13-15-50-14-12-38-23-8-9-24(25(37)16-23)33(48)41-26-10-11-28(46)42-34(26)49/h4-9,16,26-27,38H,10-15,17H2,1-3H3,(H,39,47)(H,41,48)(H,42,46,49)/t26?,27-/m0/s1. The largest absolute Gasteiger partial charge is 0.383 e. The fraction of sp³-hybridized carbons (Fsp3) is 0.343. The Labute approximate surface area is 302 Å². The number of aliphatic imine (C=N–C) groups is 1. The van der Waals surface area contributed by atoms with E-state index in [2.05, 4.69) is 45.3 Å². The summed E-state index contributed by atoms with van der Waals surface area (Å²) in [6.07, 6.45) is 0.304. The number of piperidine rings is 1. The molecule has 2 aromatic carbocycles. The molecule has 0 saturated carbocycles. The van der Waals surface area contributed by atoms with Crippen molar-refractivity contribution in [3.05, 3.63) is 92.1 Å². The van der Waals surface area contributed by atoms with Gasteiger partial charge in [-0.2, -0.15) is 0 Å². The van der Waals surface area contributed by atoms with Crippen LogP contribution in [0.2, 0.25) is 5.02 Å². The first kappa shape index (κ1) is 35.8. The van der Waals surface area contributed by atoms with Crippen molar-refractivity contribution in [3.63, 3.8) is 0 Å². The van der Waals surface area contributed by atoms with E-state index in [9.17, 15) is 23.6 Å². The van der Waals surface area contributed by atoms with Crippen molar-refractivity contribution in [3.8, 4) is 5.00 Å². The van der Waals surface area contributed by atoms with E-state index >= 15 is 0 Å². The van der Waals surface area contributed by atoms with Crippen LogP contribution in [0.25, 0.3) is 5.00 Å². The van der Waals surface area contributed by atoms with E-state index in [0.29, 0.717) is 28.9 Å². The summed E-state index contributed by atoms with van der Waals surface area (Å²) in [6, 6.07) is 10.1. The van der Waals surface area contributed by atoms with E-state index < -0.39 is 35.6 Å². The molecule has 1 saturated heterocycles. The van der Waals surface area contributed by atoms with Gasteiger partial charge in [-0.15, -0.1) is 21.5 Å². The number of amides is 4. The van der Waals surface area contributed by atoms with Gasteiger partial charge in [-0.1, -0.05) is 23.7 Å². The third-order valence-electron chi connectivity index (χ3n) is 8.64. The summed E-state index contributed by atoms with van der Waals surface area (Å²) >= 11 is 7.83. The maximum absolute atomic E-state index is 14.7. The van der Waals surface area contributed by atoms with Crippen LogP contribution in [0, 0.1) is 26.6 Å². The maximum atomic E-state index is 14.7. The molecular weight excluding hydrogens is 699 g/mol. The predicted octanol–water partition coefficient (Wildman–Crippen LogP) is 4.11. The Morgan fingerprint density at radius 2 is 1.84 bits per heavy atom. The van der Waals surface area contributed by atoms with Gasteiger partial charge in [-0.3, -0.25) is 34.1 Å². The number of nitrogens with one attached hydrogen (secondary N) is 4. The van der Waals surface area contributed by atoms with Crippen molar-refractivity contribution in [1.82, 2.24) is 30.7 Å². The highest BCUT2D eigenvalue weighted by Gasteiger charge is 2.33. The van der Waals surface area contributed by atoms with Crippen LogP contribution in [-0.2, 0) is 19.1 Å². The lowest BCUT2D eigenvalue weighted by Crippen LogP contribution is -2.52. The average molecular weight is 735 g/mol. The zero-order chi connectivity index (χ0) is 36.2. The Kier molecular flexibility index (Phi) is 10.9. The predicted molar refractivity (Wildman–Crippen MR) is 190 cm³/mol. The van der Waals surface area contributed by atoms with Gasteiger partial charge in [0.25, 0.3) is 5.91 Å². The number of halogens is 2. The molecule has 6 rings (SSSR count). The highest BCUT2D eigenvalue weighted by atomic mass is 35.5. The van der Waals surface area contributed by atoms with Crippen molar-refractivity contribution < 1.29 is 28.3 Å². The lowest BCUT2D eigenvalue weighted by Gasteiger charge is -2.22. The minimum atomic E-state index is -0.901. The number of thiophene rings is 1. The number of fused-ring (bicyclic) bond motifs is 3. The Hall–Kier alpha value is -4.99. The number of hydrogen-bond acceptors (Lipinski definition) is 10. The summed E-state index contributed by atoms with van der Waals surface area (Å²) in [4.78, 5) is 55.2. The molecule has 0 bridgehead atoms. The van der Waals surface area contributed by atoms with Gasteiger partial charge in [-0.05, 0) is 63.1 Å². The molecule has 4 aromatic rings. The van der Waals surface area contributed by atoms with Crippen molar-refractivity contribution in [2.75, 3.05) is 31.6 Å². The zero-order valence-corrected chi connectivity index (χ0v) is 29.7. The molecule has 1 unspecified atom stereocenters. The second kappa shape index (κ2) is 15.5. The van der Waals surface area contributed by atoms with E-state index in [0.717, 1.165) is 32.3 Å². The van der Waals surface area contributed by atoms with Crippen LogP contribution in [0.5, 0.6) is 0 Å². The topological polar surface area (TPSA) is 169 Å². The zero-order valence-electron chi connectivity index (χ0n) is 28.1. The molecule has 0 spiro atoms. The molecule has 13 nitrogen and oxygen atoms in total. The first-order valence-corrected chi connectivity index (χ1v) is 17.6. The number of aromatic nitrogens is 3. The van der Waals surface area contributed by atoms with Crippen LogP contribution in [0.4, 0.5) is 10.1 Å². The highest BCUT2D eigenvalue weighted by molar-refractivity contribution is 7.15. The van der Waals surface area contributed by atoms with Crippen LogP contribution in [0.3, 0.4) is 0 Å². The van der Waals surface area contributed by atoms with Gasteiger partial charge in [0.05, 0.1) is 30.9 Å². The van der Waals surface area contributed by atoms with Crippen molar-refractivity contribution in [2.24, 2.45) is 4.99 Å². The maximum Gasteiger partial charge on any atom is 0.254 e. The summed E-state index contributed by atoms with van der Waals surface area (Å²) in [7, 11) is 0. The number of carbonyl (C=O) groups excluding carboxylic acids is 4. The molecular formula is C35H36ClFN8O5S. The molecule has 266 valence electrons. The molecule has 16 heteroatoms. The summed E-state index contributed by atoms with van der Waals surface area (Å²) in [5, 5.41) is 20.9. The number of carbonyl (C=O) groups is 4. The van der Waals surface area contributed by atoms with Gasteiger partial charge in [0.15, 0.2) is 5.82 Å². The number of anilines is 1. The molecule has 1 fully saturated rings. The number of ether oxygens (including phenoxy) is 1. The Morgan fingerprint density at radius 1 is 1.08 bits per heavy atom. The van der Waals surface area contributed by atoms with Crippen molar-refractivity contribution in [2.45, 2.75) is 52.1 Å². The molecule has 51 heavy (non-hydrogen) atoms. The number of hydrogen-bond donors (Lipinski definition) is 4. The first-order valence-electron chi connectivity index (χ1n) is 16.4. The van der Waals surface area contributed by atoms with Crippen LogP contribution in [0.15, 0.2) is 47.5 Å². The molecule has 2 aliphatic rings. The SMILES string of the molecule is Cc1sc2c(c1C)C(c1ccc(Cl)cc1)=N[C@@H](CC(=O)NCCOCCNc1ccc(C(=O)NC3CCC(=O)NC3=O)c(F)c1)c1nnc(C)n1-2. The van der Waals surface area contributed by atoms with Crippen LogP contribution in [0.1, 0.15) is 68.9 Å². The summed E-state index contributed by atoms with van der Waals surface area (Å²) < 4.78 is 22.3. The second-order valence-corrected chi connectivity index (χ2v) is 13.8. The monoisotopic (exact) mass is 734 g/mol. The Morgan fingerprint density at radius 3 is 2.59 bits per heavy atom.